The van der Waals surface area contributed by atoms with E-state index in [1.807, 2.05) is 0 Å². The molecule has 82 valence electrons. The first-order chi connectivity index (χ1) is 6.08. The lowest BCUT2D eigenvalue weighted by Crippen LogP contribution is -2.32. The summed E-state index contributed by atoms with van der Waals surface area (Å²) in [4.78, 5) is 0. The van der Waals surface area contributed by atoms with Gasteiger partial charge in [-0.1, -0.05) is 92.8 Å². The molecule has 0 rings (SSSR count). The summed E-state index contributed by atoms with van der Waals surface area (Å²) in [5.74, 6) is 0. The SMILES string of the molecule is ClC(Cl)=CC(Cl)(Cl)C(Cl)(Cl)C=C(Cl)Cl. The van der Waals surface area contributed by atoms with Gasteiger partial charge in [0.15, 0.2) is 8.67 Å². The van der Waals surface area contributed by atoms with Crippen LogP contribution in [0.3, 0.4) is 0 Å². The van der Waals surface area contributed by atoms with E-state index >= 15 is 0 Å². The largest absolute Gasteiger partial charge is 0.175 e. The lowest BCUT2D eigenvalue weighted by Gasteiger charge is -2.27. The Morgan fingerprint density at radius 1 is 0.643 bits per heavy atom. The minimum absolute atomic E-state index is 0.181. The molecule has 0 aliphatic rings. The zero-order chi connectivity index (χ0) is 11.6. The first kappa shape index (κ1) is 15.8. The average Bonchev–Trinajstić information content (AvgIpc) is 1.78. The van der Waals surface area contributed by atoms with E-state index in [4.69, 9.17) is 92.8 Å². The van der Waals surface area contributed by atoms with Crippen molar-refractivity contribution in [2.24, 2.45) is 0 Å². The second-order valence-electron chi connectivity index (χ2n) is 2.11. The molecular formula is C6H2Cl8. The second kappa shape index (κ2) is 5.93. The topological polar surface area (TPSA) is 0 Å². The molecular weight excluding hydrogens is 356 g/mol. The maximum atomic E-state index is 5.76. The van der Waals surface area contributed by atoms with Gasteiger partial charge in [0, 0.05) is 0 Å². The Morgan fingerprint density at radius 3 is 1.00 bits per heavy atom. The summed E-state index contributed by atoms with van der Waals surface area (Å²) < 4.78 is -3.85. The summed E-state index contributed by atoms with van der Waals surface area (Å²) in [5.41, 5.74) is 0. The number of hydrogen-bond donors (Lipinski definition) is 0. The molecule has 0 saturated heterocycles. The van der Waals surface area contributed by atoms with Gasteiger partial charge >= 0.3 is 0 Å². The van der Waals surface area contributed by atoms with Crippen molar-refractivity contribution in [3.8, 4) is 0 Å². The average molecular weight is 358 g/mol. The van der Waals surface area contributed by atoms with Gasteiger partial charge in [0.1, 0.15) is 8.98 Å². The molecule has 0 fully saturated rings. The number of hydrogen-bond acceptors (Lipinski definition) is 0. The highest BCUT2D eigenvalue weighted by molar-refractivity contribution is 6.66. The van der Waals surface area contributed by atoms with Crippen LogP contribution in [0, 0.1) is 0 Å². The van der Waals surface area contributed by atoms with Gasteiger partial charge in [-0.25, -0.2) is 0 Å². The third-order valence-corrected chi connectivity index (χ3v) is 3.48. The van der Waals surface area contributed by atoms with Crippen LogP contribution in [0.2, 0.25) is 0 Å². The third-order valence-electron chi connectivity index (χ3n) is 1.03. The maximum Gasteiger partial charge on any atom is 0.175 e. The van der Waals surface area contributed by atoms with Gasteiger partial charge in [0.25, 0.3) is 0 Å². The Morgan fingerprint density at radius 2 is 0.857 bits per heavy atom. The first-order valence-corrected chi connectivity index (χ1v) is 5.94. The third kappa shape index (κ3) is 5.23. The molecule has 0 amide bonds. The van der Waals surface area contributed by atoms with Crippen molar-refractivity contribution in [3.05, 3.63) is 21.1 Å². The Labute approximate surface area is 122 Å². The van der Waals surface area contributed by atoms with Gasteiger partial charge in [0.05, 0.1) is 0 Å². The van der Waals surface area contributed by atoms with Gasteiger partial charge in [-0.15, -0.1) is 0 Å². The quantitative estimate of drug-likeness (QED) is 0.546. The Kier molecular flexibility index (Phi) is 6.69. The number of halogens is 8. The van der Waals surface area contributed by atoms with Crippen LogP contribution >= 0.6 is 92.8 Å². The van der Waals surface area contributed by atoms with Crippen LogP contribution in [-0.2, 0) is 0 Å². The predicted molar refractivity (Wildman–Crippen MR) is 68.5 cm³/mol. The molecule has 0 spiro atoms. The van der Waals surface area contributed by atoms with Crippen molar-refractivity contribution in [1.29, 1.82) is 0 Å². The van der Waals surface area contributed by atoms with Crippen LogP contribution in [0.15, 0.2) is 21.1 Å². The van der Waals surface area contributed by atoms with Gasteiger partial charge in [-0.05, 0) is 12.2 Å². The van der Waals surface area contributed by atoms with E-state index in [-0.39, 0.29) is 8.98 Å². The summed E-state index contributed by atoms with van der Waals surface area (Å²) in [6.45, 7) is 0. The molecule has 0 radical (unpaired) electrons. The molecule has 0 unspecified atom stereocenters. The van der Waals surface area contributed by atoms with E-state index in [1.54, 1.807) is 0 Å². The van der Waals surface area contributed by atoms with Gasteiger partial charge in [0.2, 0.25) is 0 Å². The maximum absolute atomic E-state index is 5.76. The van der Waals surface area contributed by atoms with Crippen molar-refractivity contribution in [2.75, 3.05) is 0 Å². The lowest BCUT2D eigenvalue weighted by atomic mass is 10.2. The molecule has 0 atom stereocenters. The van der Waals surface area contributed by atoms with Crippen molar-refractivity contribution in [1.82, 2.24) is 0 Å². The van der Waals surface area contributed by atoms with Gasteiger partial charge in [-0.3, -0.25) is 0 Å². The molecule has 0 N–H and O–H groups in total. The van der Waals surface area contributed by atoms with Crippen molar-refractivity contribution in [2.45, 2.75) is 8.67 Å². The van der Waals surface area contributed by atoms with Crippen molar-refractivity contribution < 1.29 is 0 Å². The number of allylic oxidation sites excluding steroid dienone is 2. The highest BCUT2D eigenvalue weighted by Crippen LogP contribution is 2.47. The molecule has 0 bridgehead atoms. The molecule has 0 aliphatic carbocycles. The van der Waals surface area contributed by atoms with E-state index < -0.39 is 8.67 Å². The van der Waals surface area contributed by atoms with E-state index in [1.165, 1.54) is 0 Å². The molecule has 0 aromatic carbocycles. The monoisotopic (exact) mass is 354 g/mol. The van der Waals surface area contributed by atoms with Crippen LogP contribution in [-0.4, -0.2) is 8.67 Å². The molecule has 8 heteroatoms. The molecule has 0 saturated carbocycles. The fourth-order valence-corrected chi connectivity index (χ4v) is 2.22. The summed E-state index contributed by atoms with van der Waals surface area (Å²) in [7, 11) is 0. The van der Waals surface area contributed by atoms with E-state index in [9.17, 15) is 0 Å². The summed E-state index contributed by atoms with van der Waals surface area (Å²) in [5, 5.41) is 0. The van der Waals surface area contributed by atoms with Gasteiger partial charge in [-0.2, -0.15) is 0 Å². The minimum Gasteiger partial charge on any atom is -0.0931 e. The van der Waals surface area contributed by atoms with Crippen molar-refractivity contribution in [3.63, 3.8) is 0 Å². The molecule has 14 heavy (non-hydrogen) atoms. The molecule has 0 nitrogen and oxygen atoms in total. The van der Waals surface area contributed by atoms with E-state index in [2.05, 4.69) is 0 Å². The standard InChI is InChI=1S/C6H2Cl8/c7-3(8)1-5(11,12)6(13,14)2-4(9)10/h1-2H. The fraction of sp³-hybridized carbons (Fsp3) is 0.333. The van der Waals surface area contributed by atoms with E-state index in [0.717, 1.165) is 12.2 Å². The van der Waals surface area contributed by atoms with Crippen LogP contribution in [0.4, 0.5) is 0 Å². The summed E-state index contributed by atoms with van der Waals surface area (Å²) >= 11 is 44.5. The molecule has 0 heterocycles. The second-order valence-corrected chi connectivity index (χ2v) is 6.90. The zero-order valence-corrected chi connectivity index (χ0v) is 12.2. The Hall–Kier alpha value is 1.80. The van der Waals surface area contributed by atoms with Crippen LogP contribution in [0.5, 0.6) is 0 Å². The highest BCUT2D eigenvalue weighted by Gasteiger charge is 2.44. The Bertz CT molecular complexity index is 227. The first-order valence-electron chi connectivity index (χ1n) is 2.92. The van der Waals surface area contributed by atoms with Gasteiger partial charge < -0.3 is 0 Å². The predicted octanol–water partition coefficient (Wildman–Crippen LogP) is 5.97. The fourth-order valence-electron chi connectivity index (χ4n) is 0.467. The molecule has 0 aliphatic heterocycles. The molecule has 0 aromatic rings. The summed E-state index contributed by atoms with van der Waals surface area (Å²) in [6, 6.07) is 0. The van der Waals surface area contributed by atoms with Crippen LogP contribution in [0.1, 0.15) is 0 Å². The minimum atomic E-state index is -1.75. The smallest absolute Gasteiger partial charge is 0.0931 e. The highest BCUT2D eigenvalue weighted by atomic mass is 35.5. The number of alkyl halides is 4. The molecule has 0 aromatic heterocycles. The Balaban J connectivity index is 5.07. The lowest BCUT2D eigenvalue weighted by molar-refractivity contribution is 0.908. The van der Waals surface area contributed by atoms with Crippen LogP contribution in [0.25, 0.3) is 0 Å². The van der Waals surface area contributed by atoms with Crippen LogP contribution < -0.4 is 0 Å². The van der Waals surface area contributed by atoms with Crippen molar-refractivity contribution >= 4 is 92.8 Å². The summed E-state index contributed by atoms with van der Waals surface area (Å²) in [6.07, 6.45) is 2.10. The zero-order valence-electron chi connectivity index (χ0n) is 6.18. The normalized spacial score (nSPS) is 12.3. The van der Waals surface area contributed by atoms with E-state index in [0.29, 0.717) is 0 Å². The number of rotatable bonds is 3.